The van der Waals surface area contributed by atoms with Gasteiger partial charge in [-0.2, -0.15) is 0 Å². The van der Waals surface area contributed by atoms with Crippen LogP contribution in [0.3, 0.4) is 0 Å². The molecule has 1 amide bonds. The van der Waals surface area contributed by atoms with Gasteiger partial charge in [-0.3, -0.25) is 9.79 Å². The summed E-state index contributed by atoms with van der Waals surface area (Å²) in [6, 6.07) is 10.2. The van der Waals surface area contributed by atoms with Crippen LogP contribution in [0, 0.1) is 5.92 Å². The highest BCUT2D eigenvalue weighted by Gasteiger charge is 2.27. The molecule has 2 rings (SSSR count). The van der Waals surface area contributed by atoms with Crippen molar-refractivity contribution in [1.29, 1.82) is 0 Å². The van der Waals surface area contributed by atoms with E-state index in [2.05, 4.69) is 22.5 Å². The molecule has 1 heterocycles. The van der Waals surface area contributed by atoms with Crippen molar-refractivity contribution < 1.29 is 9.53 Å². The van der Waals surface area contributed by atoms with Crippen LogP contribution in [0.2, 0.25) is 0 Å². The molecule has 1 fully saturated rings. The fraction of sp³-hybridized carbons (Fsp3) is 0.619. The van der Waals surface area contributed by atoms with Crippen LogP contribution in [0.15, 0.2) is 35.3 Å². The maximum atomic E-state index is 12.1. The van der Waals surface area contributed by atoms with Crippen molar-refractivity contribution in [2.75, 3.05) is 32.8 Å². The number of ether oxygens (including phenoxy) is 1. The Labute approximate surface area is 163 Å². The molecule has 0 aromatic heterocycles. The van der Waals surface area contributed by atoms with Gasteiger partial charge in [0.2, 0.25) is 5.91 Å². The van der Waals surface area contributed by atoms with Crippen molar-refractivity contribution >= 4 is 11.9 Å². The molecule has 0 spiro atoms. The Hall–Kier alpha value is -2.24. The molecule has 6 heteroatoms. The molecule has 27 heavy (non-hydrogen) atoms. The Kier molecular flexibility index (Phi) is 8.95. The van der Waals surface area contributed by atoms with E-state index in [9.17, 15) is 4.79 Å². The Balaban J connectivity index is 1.68. The summed E-state index contributed by atoms with van der Waals surface area (Å²) in [6.07, 6.45) is 2.91. The van der Waals surface area contributed by atoms with Crippen molar-refractivity contribution in [3.63, 3.8) is 0 Å². The first-order valence-electron chi connectivity index (χ1n) is 10.1. The Bertz CT molecular complexity index is 589. The summed E-state index contributed by atoms with van der Waals surface area (Å²) in [6.45, 7) is 9.84. The minimum absolute atomic E-state index is 0.0590. The van der Waals surface area contributed by atoms with E-state index < -0.39 is 0 Å². The second-order valence-electron chi connectivity index (χ2n) is 7.20. The van der Waals surface area contributed by atoms with Crippen LogP contribution in [0.5, 0.6) is 5.75 Å². The zero-order valence-electron chi connectivity index (χ0n) is 16.9. The molecular formula is C21H34N4O2. The third kappa shape index (κ3) is 7.49. The third-order valence-corrected chi connectivity index (χ3v) is 4.51. The number of rotatable bonds is 9. The van der Waals surface area contributed by atoms with Crippen LogP contribution < -0.4 is 15.4 Å². The molecule has 0 radical (unpaired) electrons. The van der Waals surface area contributed by atoms with Crippen molar-refractivity contribution in [3.05, 3.63) is 30.3 Å². The van der Waals surface area contributed by atoms with Crippen LogP contribution in [-0.4, -0.2) is 55.6 Å². The van der Waals surface area contributed by atoms with Gasteiger partial charge >= 0.3 is 0 Å². The third-order valence-electron chi connectivity index (χ3n) is 4.51. The van der Waals surface area contributed by atoms with Gasteiger partial charge in [0, 0.05) is 38.1 Å². The summed E-state index contributed by atoms with van der Waals surface area (Å²) in [4.78, 5) is 18.7. The summed E-state index contributed by atoms with van der Waals surface area (Å²) in [7, 11) is 0. The summed E-state index contributed by atoms with van der Waals surface area (Å²) in [5, 5.41) is 6.77. The zero-order chi connectivity index (χ0) is 19.5. The highest BCUT2D eigenvalue weighted by atomic mass is 16.5. The molecule has 1 unspecified atom stereocenters. The fourth-order valence-electron chi connectivity index (χ4n) is 3.07. The summed E-state index contributed by atoms with van der Waals surface area (Å²) in [5.74, 6) is 2.05. The van der Waals surface area contributed by atoms with Gasteiger partial charge in [-0.15, -0.1) is 0 Å². The van der Waals surface area contributed by atoms with Crippen molar-refractivity contribution in [2.45, 2.75) is 46.1 Å². The maximum absolute atomic E-state index is 12.1. The van der Waals surface area contributed by atoms with Gasteiger partial charge in [-0.25, -0.2) is 0 Å². The number of nitrogens with zero attached hydrogens (tertiary/aromatic N) is 2. The van der Waals surface area contributed by atoms with E-state index in [1.165, 1.54) is 0 Å². The molecule has 1 aromatic carbocycles. The van der Waals surface area contributed by atoms with Gasteiger partial charge in [0.15, 0.2) is 5.96 Å². The summed E-state index contributed by atoms with van der Waals surface area (Å²) in [5.41, 5.74) is 0. The molecule has 1 aliphatic heterocycles. The van der Waals surface area contributed by atoms with Gasteiger partial charge < -0.3 is 20.3 Å². The lowest BCUT2D eigenvalue weighted by molar-refractivity contribution is -0.133. The second kappa shape index (κ2) is 11.5. The first-order valence-corrected chi connectivity index (χ1v) is 10.1. The molecule has 1 aromatic rings. The van der Waals surface area contributed by atoms with E-state index in [4.69, 9.17) is 4.74 Å². The minimum atomic E-state index is 0.0590. The monoisotopic (exact) mass is 374 g/mol. The molecule has 0 aliphatic carbocycles. The number of aliphatic imine (C=N–C) groups is 1. The molecule has 150 valence electrons. The number of nitrogens with one attached hydrogen (secondary N) is 2. The lowest BCUT2D eigenvalue weighted by Gasteiger charge is -2.20. The van der Waals surface area contributed by atoms with E-state index in [0.29, 0.717) is 6.61 Å². The zero-order valence-corrected chi connectivity index (χ0v) is 16.9. The first kappa shape index (κ1) is 21.1. The van der Waals surface area contributed by atoms with E-state index in [0.717, 1.165) is 57.2 Å². The second-order valence-corrected chi connectivity index (χ2v) is 7.20. The minimum Gasteiger partial charge on any atom is -0.494 e. The van der Waals surface area contributed by atoms with Crippen molar-refractivity contribution in [1.82, 2.24) is 15.5 Å². The van der Waals surface area contributed by atoms with Gasteiger partial charge in [-0.05, 0) is 38.3 Å². The van der Waals surface area contributed by atoms with Crippen molar-refractivity contribution in [3.8, 4) is 5.75 Å². The van der Waals surface area contributed by atoms with Gasteiger partial charge in [0.1, 0.15) is 5.75 Å². The molecule has 1 saturated heterocycles. The fourth-order valence-corrected chi connectivity index (χ4v) is 3.07. The Morgan fingerprint density at radius 2 is 2.07 bits per heavy atom. The first-order chi connectivity index (χ1) is 13.1. The average molecular weight is 375 g/mol. The van der Waals surface area contributed by atoms with Crippen LogP contribution in [0.4, 0.5) is 0 Å². The number of guanidine groups is 1. The number of para-hydroxylation sites is 1. The normalized spacial score (nSPS) is 17.3. The standard InChI is InChI=1S/C21H34N4O2/c1-4-22-21(24-18-12-14-25(16-18)20(26)17(2)3)23-13-8-9-15-27-19-10-6-5-7-11-19/h5-7,10-11,17-18H,4,8-9,12-16H2,1-3H3,(H2,22,23,24). The van der Waals surface area contributed by atoms with E-state index >= 15 is 0 Å². The predicted molar refractivity (Wildman–Crippen MR) is 110 cm³/mol. The van der Waals surface area contributed by atoms with Gasteiger partial charge in [0.05, 0.1) is 6.61 Å². The van der Waals surface area contributed by atoms with E-state index in [1.54, 1.807) is 0 Å². The van der Waals surface area contributed by atoms with Crippen LogP contribution in [0.25, 0.3) is 0 Å². The van der Waals surface area contributed by atoms with E-state index in [-0.39, 0.29) is 17.9 Å². The Morgan fingerprint density at radius 3 is 2.78 bits per heavy atom. The molecule has 1 atom stereocenters. The van der Waals surface area contributed by atoms with Gasteiger partial charge in [0.25, 0.3) is 0 Å². The average Bonchev–Trinajstić information content (AvgIpc) is 3.13. The lowest BCUT2D eigenvalue weighted by atomic mass is 10.2. The number of benzene rings is 1. The number of hydrogen-bond donors (Lipinski definition) is 2. The number of hydrogen-bond acceptors (Lipinski definition) is 3. The highest BCUT2D eigenvalue weighted by molar-refractivity contribution is 5.81. The number of unbranched alkanes of at least 4 members (excludes halogenated alkanes) is 1. The van der Waals surface area contributed by atoms with Crippen LogP contribution >= 0.6 is 0 Å². The quantitative estimate of drug-likeness (QED) is 0.396. The SMILES string of the molecule is CCNC(=NCCCCOc1ccccc1)NC1CCN(C(=O)C(C)C)C1. The van der Waals surface area contributed by atoms with Crippen molar-refractivity contribution in [2.24, 2.45) is 10.9 Å². The topological polar surface area (TPSA) is 66.0 Å². The summed E-state index contributed by atoms with van der Waals surface area (Å²) >= 11 is 0. The Morgan fingerprint density at radius 1 is 1.30 bits per heavy atom. The van der Waals surface area contributed by atoms with Gasteiger partial charge in [-0.1, -0.05) is 32.0 Å². The molecular weight excluding hydrogens is 340 g/mol. The highest BCUT2D eigenvalue weighted by Crippen LogP contribution is 2.13. The number of likely N-dealkylation sites (tertiary alicyclic amines) is 1. The van der Waals surface area contributed by atoms with E-state index in [1.807, 2.05) is 49.1 Å². The molecule has 2 N–H and O–H groups in total. The molecule has 0 saturated carbocycles. The molecule has 0 bridgehead atoms. The lowest BCUT2D eigenvalue weighted by Crippen LogP contribution is -2.45. The smallest absolute Gasteiger partial charge is 0.225 e. The summed E-state index contributed by atoms with van der Waals surface area (Å²) < 4.78 is 5.70. The number of carbonyl (C=O) groups excluding carboxylic acids is 1. The number of carbonyl (C=O) groups is 1. The molecule has 6 nitrogen and oxygen atoms in total. The van der Waals surface area contributed by atoms with Crippen LogP contribution in [-0.2, 0) is 4.79 Å². The molecule has 1 aliphatic rings. The maximum Gasteiger partial charge on any atom is 0.225 e. The van der Waals surface area contributed by atoms with Crippen LogP contribution in [0.1, 0.15) is 40.0 Å². The number of amides is 1. The predicted octanol–water partition coefficient (Wildman–Crippen LogP) is 2.66. The largest absolute Gasteiger partial charge is 0.494 e.